The van der Waals surface area contributed by atoms with Gasteiger partial charge in [-0.05, 0) is 112 Å². The molecule has 1 saturated carbocycles. The van der Waals surface area contributed by atoms with Gasteiger partial charge in [0.25, 0.3) is 0 Å². The molecule has 0 bridgehead atoms. The van der Waals surface area contributed by atoms with Crippen LogP contribution >= 0.6 is 0 Å². The van der Waals surface area contributed by atoms with Crippen LogP contribution in [-0.2, 0) is 13.0 Å². The number of ketones is 1. The molecule has 0 unspecified atom stereocenters. The van der Waals surface area contributed by atoms with Gasteiger partial charge >= 0.3 is 6.03 Å². The zero-order valence-corrected chi connectivity index (χ0v) is 21.1. The van der Waals surface area contributed by atoms with Crippen LogP contribution in [0, 0.1) is 17.7 Å². The van der Waals surface area contributed by atoms with Crippen LogP contribution in [0.5, 0.6) is 0 Å². The van der Waals surface area contributed by atoms with Gasteiger partial charge in [-0.3, -0.25) is 4.79 Å². The molecule has 5 nitrogen and oxygen atoms in total. The Labute approximate surface area is 214 Å². The number of piperidine rings is 1. The number of likely N-dealkylation sites (tertiary alicyclic amines) is 1. The van der Waals surface area contributed by atoms with Gasteiger partial charge in [0, 0.05) is 30.6 Å². The number of halogens is 1. The van der Waals surface area contributed by atoms with E-state index in [4.69, 9.17) is 0 Å². The number of hydrogen-bond acceptors (Lipinski definition) is 3. The third-order valence-electron chi connectivity index (χ3n) is 8.53. The Morgan fingerprint density at radius 2 is 1.56 bits per heavy atom. The maximum absolute atomic E-state index is 13.1. The molecule has 1 aliphatic carbocycles. The van der Waals surface area contributed by atoms with Crippen LogP contribution in [0.4, 0.5) is 9.18 Å². The first-order valence-electron chi connectivity index (χ1n) is 13.7. The van der Waals surface area contributed by atoms with Gasteiger partial charge in [0.2, 0.25) is 0 Å². The van der Waals surface area contributed by atoms with Crippen LogP contribution in [-0.4, -0.2) is 53.8 Å². The number of nitrogens with one attached hydrogen (secondary N) is 1. The summed E-state index contributed by atoms with van der Waals surface area (Å²) in [4.78, 5) is 30.0. The quantitative estimate of drug-likeness (QED) is 0.548. The lowest BCUT2D eigenvalue weighted by Gasteiger charge is -2.35. The molecule has 2 heterocycles. The molecule has 6 heteroatoms. The van der Waals surface area contributed by atoms with Crippen LogP contribution in [0.3, 0.4) is 0 Å². The molecule has 2 aromatic rings. The monoisotopic (exact) mass is 491 g/mol. The standard InChI is InChI=1S/C30H38FN3O2/c31-27-9-7-24(8-10-27)29(35)25-14-18-33(19-15-25)17-13-22-5-11-28(12-6-22)32-30(36)34-20-16-23-3-1-2-4-26(23)21-34/h1-4,7-10,22,25,28H,5-6,11-21H2,(H,32,36)/t22-,28-. The second-order valence-corrected chi connectivity index (χ2v) is 10.9. The van der Waals surface area contributed by atoms with Crippen molar-refractivity contribution in [1.29, 1.82) is 0 Å². The highest BCUT2D eigenvalue weighted by atomic mass is 19.1. The predicted octanol–water partition coefficient (Wildman–Crippen LogP) is 5.44. The van der Waals surface area contributed by atoms with E-state index in [1.165, 1.54) is 42.5 Å². The molecule has 2 amide bonds. The van der Waals surface area contributed by atoms with Gasteiger partial charge in [0.15, 0.2) is 5.78 Å². The van der Waals surface area contributed by atoms with Gasteiger partial charge in [0.05, 0.1) is 0 Å². The summed E-state index contributed by atoms with van der Waals surface area (Å²) < 4.78 is 13.1. The van der Waals surface area contributed by atoms with E-state index in [-0.39, 0.29) is 23.5 Å². The topological polar surface area (TPSA) is 52.7 Å². The molecule has 192 valence electrons. The molecular weight excluding hydrogens is 453 g/mol. The molecular formula is C30H38FN3O2. The number of carbonyl (C=O) groups excluding carboxylic acids is 2. The summed E-state index contributed by atoms with van der Waals surface area (Å²) in [6.45, 7) is 4.52. The number of rotatable bonds is 6. The summed E-state index contributed by atoms with van der Waals surface area (Å²) in [7, 11) is 0. The smallest absolute Gasteiger partial charge is 0.317 e. The summed E-state index contributed by atoms with van der Waals surface area (Å²) >= 11 is 0. The Balaban J connectivity index is 0.986. The number of carbonyl (C=O) groups is 2. The number of hydrogen-bond donors (Lipinski definition) is 1. The minimum absolute atomic E-state index is 0.0548. The molecule has 1 saturated heterocycles. The molecule has 3 aliphatic rings. The lowest BCUT2D eigenvalue weighted by atomic mass is 9.83. The fourth-order valence-corrected chi connectivity index (χ4v) is 6.16. The molecule has 0 spiro atoms. The number of urea groups is 1. The van der Waals surface area contributed by atoms with Crippen molar-refractivity contribution in [2.24, 2.45) is 11.8 Å². The van der Waals surface area contributed by atoms with E-state index in [2.05, 4.69) is 34.5 Å². The van der Waals surface area contributed by atoms with E-state index in [0.717, 1.165) is 64.2 Å². The van der Waals surface area contributed by atoms with Crippen molar-refractivity contribution in [2.45, 2.75) is 64.0 Å². The van der Waals surface area contributed by atoms with Crippen molar-refractivity contribution in [1.82, 2.24) is 15.1 Å². The van der Waals surface area contributed by atoms with E-state index in [9.17, 15) is 14.0 Å². The van der Waals surface area contributed by atoms with Crippen LogP contribution < -0.4 is 5.32 Å². The number of nitrogens with zero attached hydrogens (tertiary/aromatic N) is 2. The van der Waals surface area contributed by atoms with Crippen molar-refractivity contribution in [3.05, 3.63) is 71.0 Å². The molecule has 36 heavy (non-hydrogen) atoms. The summed E-state index contributed by atoms with van der Waals surface area (Å²) in [6, 6.07) is 14.8. The first kappa shape index (κ1) is 24.9. The lowest BCUT2D eigenvalue weighted by Crippen LogP contribution is -2.47. The zero-order valence-electron chi connectivity index (χ0n) is 21.1. The molecule has 0 radical (unpaired) electrons. The average molecular weight is 492 g/mol. The Morgan fingerprint density at radius 3 is 2.28 bits per heavy atom. The fourth-order valence-electron chi connectivity index (χ4n) is 6.16. The maximum Gasteiger partial charge on any atom is 0.317 e. The minimum atomic E-state index is -0.300. The zero-order chi connectivity index (χ0) is 24.9. The average Bonchev–Trinajstić information content (AvgIpc) is 2.92. The highest BCUT2D eigenvalue weighted by Gasteiger charge is 2.28. The Hall–Kier alpha value is -2.73. The second kappa shape index (κ2) is 11.5. The van der Waals surface area contributed by atoms with E-state index in [1.807, 2.05) is 4.90 Å². The highest BCUT2D eigenvalue weighted by Crippen LogP contribution is 2.29. The summed E-state index contributed by atoms with van der Waals surface area (Å²) in [5.74, 6) is 0.632. The maximum atomic E-state index is 13.1. The summed E-state index contributed by atoms with van der Waals surface area (Å²) in [6.07, 6.45) is 8.38. The van der Waals surface area contributed by atoms with E-state index < -0.39 is 0 Å². The van der Waals surface area contributed by atoms with Crippen molar-refractivity contribution in [3.8, 4) is 0 Å². The van der Waals surface area contributed by atoms with Crippen LogP contribution in [0.25, 0.3) is 0 Å². The van der Waals surface area contributed by atoms with Gasteiger partial charge in [-0.1, -0.05) is 24.3 Å². The number of benzene rings is 2. The number of Topliss-reactive ketones (excluding diaryl/α,β-unsaturated/α-hetero) is 1. The third kappa shape index (κ3) is 6.15. The van der Waals surface area contributed by atoms with Crippen molar-refractivity contribution in [3.63, 3.8) is 0 Å². The third-order valence-corrected chi connectivity index (χ3v) is 8.53. The normalized spacial score (nSPS) is 23.2. The first-order chi connectivity index (χ1) is 17.5. The first-order valence-corrected chi connectivity index (χ1v) is 13.7. The molecule has 1 N–H and O–H groups in total. The van der Waals surface area contributed by atoms with Gasteiger partial charge in [-0.25, -0.2) is 9.18 Å². The Bertz CT molecular complexity index is 1040. The SMILES string of the molecule is O=C(c1ccc(F)cc1)C1CCN(CC[C@H]2CC[C@H](NC(=O)N3CCc4ccccc4C3)CC2)CC1. The van der Waals surface area contributed by atoms with Gasteiger partial charge in [-0.15, -0.1) is 0 Å². The predicted molar refractivity (Wildman–Crippen MR) is 139 cm³/mol. The van der Waals surface area contributed by atoms with Gasteiger partial charge in [0.1, 0.15) is 5.82 Å². The Morgan fingerprint density at radius 1 is 0.861 bits per heavy atom. The van der Waals surface area contributed by atoms with Gasteiger partial charge < -0.3 is 15.1 Å². The molecule has 2 aromatic carbocycles. The highest BCUT2D eigenvalue weighted by molar-refractivity contribution is 5.97. The van der Waals surface area contributed by atoms with Crippen molar-refractivity contribution >= 4 is 11.8 Å². The largest absolute Gasteiger partial charge is 0.335 e. The fraction of sp³-hybridized carbons (Fsp3) is 0.533. The summed E-state index contributed by atoms with van der Waals surface area (Å²) in [5, 5.41) is 3.30. The molecule has 5 rings (SSSR count). The minimum Gasteiger partial charge on any atom is -0.335 e. The second-order valence-electron chi connectivity index (χ2n) is 10.9. The van der Waals surface area contributed by atoms with E-state index in [1.54, 1.807) is 12.1 Å². The van der Waals surface area contributed by atoms with E-state index >= 15 is 0 Å². The summed E-state index contributed by atoms with van der Waals surface area (Å²) in [5.41, 5.74) is 3.26. The molecule has 2 fully saturated rings. The van der Waals surface area contributed by atoms with E-state index in [0.29, 0.717) is 18.2 Å². The van der Waals surface area contributed by atoms with Crippen molar-refractivity contribution in [2.75, 3.05) is 26.2 Å². The molecule has 0 aromatic heterocycles. The van der Waals surface area contributed by atoms with Crippen LogP contribution in [0.15, 0.2) is 48.5 Å². The molecule has 2 aliphatic heterocycles. The van der Waals surface area contributed by atoms with Crippen LogP contribution in [0.2, 0.25) is 0 Å². The Kier molecular flexibility index (Phi) is 8.00. The van der Waals surface area contributed by atoms with Crippen LogP contribution in [0.1, 0.15) is 66.4 Å². The van der Waals surface area contributed by atoms with Crippen molar-refractivity contribution < 1.29 is 14.0 Å². The number of amides is 2. The lowest BCUT2D eigenvalue weighted by molar-refractivity contribution is 0.0832. The molecule has 0 atom stereocenters. The van der Waals surface area contributed by atoms with Gasteiger partial charge in [-0.2, -0.15) is 0 Å². The number of fused-ring (bicyclic) bond motifs is 1.